The van der Waals surface area contributed by atoms with Crippen LogP contribution in [0.1, 0.15) is 39.2 Å². The Morgan fingerprint density at radius 1 is 1.08 bits per heavy atom. The van der Waals surface area contributed by atoms with Crippen LogP contribution in [0.2, 0.25) is 0 Å². The minimum Gasteiger partial charge on any atom is -0.465 e. The molecule has 7 nitrogen and oxygen atoms in total. The number of aromatic nitrogens is 1. The maximum atomic E-state index is 12.5. The van der Waals surface area contributed by atoms with E-state index in [-0.39, 0.29) is 30.1 Å². The fraction of sp³-hybridized carbons (Fsp3) is 0.211. The first-order valence-electron chi connectivity index (χ1n) is 8.04. The zero-order valence-corrected chi connectivity index (χ0v) is 14.4. The van der Waals surface area contributed by atoms with E-state index in [0.29, 0.717) is 11.5 Å². The molecule has 0 aliphatic rings. The first-order chi connectivity index (χ1) is 12.6. The minimum atomic E-state index is -0.617. The summed E-state index contributed by atoms with van der Waals surface area (Å²) in [5.41, 5.74) is 1.60. The van der Waals surface area contributed by atoms with Gasteiger partial charge in [-0.3, -0.25) is 0 Å². The molecule has 2 aromatic heterocycles. The maximum Gasteiger partial charge on any atom is 0.344 e. The number of carbonyl (C=O) groups excluding carboxylic acids is 2. The van der Waals surface area contributed by atoms with Gasteiger partial charge >= 0.3 is 11.9 Å². The molecule has 0 spiro atoms. The predicted molar refractivity (Wildman–Crippen MR) is 90.5 cm³/mol. The van der Waals surface area contributed by atoms with Gasteiger partial charge in [0.1, 0.15) is 22.6 Å². The molecule has 0 unspecified atom stereocenters. The Kier molecular flexibility index (Phi) is 5.17. The Morgan fingerprint density at radius 3 is 2.58 bits per heavy atom. The lowest BCUT2D eigenvalue weighted by Gasteiger charge is -2.06. The van der Waals surface area contributed by atoms with Crippen molar-refractivity contribution in [3.63, 3.8) is 0 Å². The van der Waals surface area contributed by atoms with Crippen LogP contribution in [-0.4, -0.2) is 23.7 Å². The molecule has 0 aliphatic heterocycles. The Morgan fingerprint density at radius 2 is 1.85 bits per heavy atom. The van der Waals surface area contributed by atoms with Crippen molar-refractivity contribution in [3.8, 4) is 11.3 Å². The molecule has 0 atom stereocenters. The second-order valence-electron chi connectivity index (χ2n) is 5.38. The van der Waals surface area contributed by atoms with Crippen LogP contribution in [0.15, 0.2) is 51.6 Å². The number of esters is 2. The van der Waals surface area contributed by atoms with Crippen molar-refractivity contribution in [3.05, 3.63) is 65.3 Å². The molecule has 0 bridgehead atoms. The molecule has 1 aromatic carbocycles. The van der Waals surface area contributed by atoms with Crippen LogP contribution in [0.5, 0.6) is 0 Å². The maximum absolute atomic E-state index is 12.5. The number of hydrogen-bond acceptors (Lipinski definition) is 7. The van der Waals surface area contributed by atoms with Crippen LogP contribution in [0, 0.1) is 6.92 Å². The van der Waals surface area contributed by atoms with Gasteiger partial charge in [-0.2, -0.15) is 0 Å². The van der Waals surface area contributed by atoms with Crippen molar-refractivity contribution in [2.45, 2.75) is 20.5 Å². The standard InChI is InChI=1S/C19H17NO6/c1-3-23-18(21)14-9-10-24-15(14)11-25-19(22)16-12(2)26-20-17(16)13-7-5-4-6-8-13/h4-10H,3,11H2,1-2H3. The molecule has 26 heavy (non-hydrogen) atoms. The number of furan rings is 1. The second-order valence-corrected chi connectivity index (χ2v) is 5.38. The summed E-state index contributed by atoms with van der Waals surface area (Å²) in [6.45, 7) is 3.37. The van der Waals surface area contributed by atoms with Gasteiger partial charge in [0.25, 0.3) is 0 Å². The fourth-order valence-corrected chi connectivity index (χ4v) is 2.45. The predicted octanol–water partition coefficient (Wildman–Crippen LogP) is 3.78. The third-order valence-corrected chi connectivity index (χ3v) is 3.69. The largest absolute Gasteiger partial charge is 0.465 e. The number of nitrogens with zero attached hydrogens (tertiary/aromatic N) is 1. The average molecular weight is 355 g/mol. The lowest BCUT2D eigenvalue weighted by Crippen LogP contribution is -2.10. The minimum absolute atomic E-state index is 0.209. The fourth-order valence-electron chi connectivity index (χ4n) is 2.45. The van der Waals surface area contributed by atoms with Gasteiger partial charge in [0.15, 0.2) is 12.4 Å². The molecule has 0 aliphatic carbocycles. The molecular weight excluding hydrogens is 338 g/mol. The summed E-state index contributed by atoms with van der Waals surface area (Å²) < 4.78 is 20.6. The number of ether oxygens (including phenoxy) is 2. The molecule has 0 amide bonds. The van der Waals surface area contributed by atoms with E-state index in [2.05, 4.69) is 5.16 Å². The summed E-state index contributed by atoms with van der Waals surface area (Å²) in [6.07, 6.45) is 1.34. The Labute approximate surface area is 149 Å². The molecule has 0 N–H and O–H groups in total. The second kappa shape index (κ2) is 7.69. The zero-order valence-electron chi connectivity index (χ0n) is 14.4. The van der Waals surface area contributed by atoms with E-state index in [1.54, 1.807) is 13.8 Å². The van der Waals surface area contributed by atoms with Gasteiger partial charge in [0.2, 0.25) is 0 Å². The summed E-state index contributed by atoms with van der Waals surface area (Å²) in [7, 11) is 0. The first-order valence-corrected chi connectivity index (χ1v) is 8.04. The van der Waals surface area contributed by atoms with E-state index >= 15 is 0 Å². The van der Waals surface area contributed by atoms with Crippen molar-refractivity contribution in [1.29, 1.82) is 0 Å². The van der Waals surface area contributed by atoms with Gasteiger partial charge in [-0.15, -0.1) is 0 Å². The molecule has 0 saturated heterocycles. The molecule has 0 radical (unpaired) electrons. The summed E-state index contributed by atoms with van der Waals surface area (Å²) >= 11 is 0. The summed E-state index contributed by atoms with van der Waals surface area (Å²) in [6, 6.07) is 10.6. The van der Waals surface area contributed by atoms with Crippen LogP contribution < -0.4 is 0 Å². The molecule has 3 rings (SSSR count). The summed E-state index contributed by atoms with van der Waals surface area (Å²) in [5.74, 6) is -0.585. The average Bonchev–Trinajstić information content (AvgIpc) is 3.27. The van der Waals surface area contributed by atoms with Crippen LogP contribution in [0.25, 0.3) is 11.3 Å². The van der Waals surface area contributed by atoms with Crippen molar-refractivity contribution in [2.24, 2.45) is 0 Å². The number of benzene rings is 1. The highest BCUT2D eigenvalue weighted by molar-refractivity contribution is 5.97. The molecular formula is C19H17NO6. The summed E-state index contributed by atoms with van der Waals surface area (Å²) in [5, 5.41) is 3.95. The van der Waals surface area contributed by atoms with Crippen molar-refractivity contribution < 1.29 is 28.0 Å². The Hall–Kier alpha value is -3.35. The highest BCUT2D eigenvalue weighted by atomic mass is 16.5. The third kappa shape index (κ3) is 3.51. The normalized spacial score (nSPS) is 10.5. The number of rotatable bonds is 6. The first kappa shape index (κ1) is 17.5. The van der Waals surface area contributed by atoms with Gasteiger partial charge in [-0.05, 0) is 19.9 Å². The highest BCUT2D eigenvalue weighted by Gasteiger charge is 2.24. The highest BCUT2D eigenvalue weighted by Crippen LogP contribution is 2.26. The van der Waals surface area contributed by atoms with Gasteiger partial charge in [0.05, 0.1) is 12.9 Å². The van der Waals surface area contributed by atoms with E-state index in [9.17, 15) is 9.59 Å². The molecule has 0 fully saturated rings. The Balaban J connectivity index is 1.78. The molecule has 0 saturated carbocycles. The number of aryl methyl sites for hydroxylation is 1. The Bertz CT molecular complexity index is 909. The van der Waals surface area contributed by atoms with Crippen LogP contribution in [0.4, 0.5) is 0 Å². The van der Waals surface area contributed by atoms with E-state index < -0.39 is 11.9 Å². The molecule has 7 heteroatoms. The zero-order chi connectivity index (χ0) is 18.5. The van der Waals surface area contributed by atoms with E-state index in [4.69, 9.17) is 18.4 Å². The quantitative estimate of drug-likeness (QED) is 0.621. The molecule has 2 heterocycles. The lowest BCUT2D eigenvalue weighted by atomic mass is 10.1. The van der Waals surface area contributed by atoms with E-state index in [0.717, 1.165) is 5.56 Å². The molecule has 134 valence electrons. The molecule has 3 aromatic rings. The van der Waals surface area contributed by atoms with E-state index in [1.807, 2.05) is 30.3 Å². The lowest BCUT2D eigenvalue weighted by molar-refractivity contribution is 0.0421. The van der Waals surface area contributed by atoms with Crippen LogP contribution in [-0.2, 0) is 16.1 Å². The SMILES string of the molecule is CCOC(=O)c1ccoc1COC(=O)c1c(-c2ccccc2)noc1C. The van der Waals surface area contributed by atoms with Crippen LogP contribution in [0.3, 0.4) is 0 Å². The van der Waals surface area contributed by atoms with Crippen molar-refractivity contribution >= 4 is 11.9 Å². The summed E-state index contributed by atoms with van der Waals surface area (Å²) in [4.78, 5) is 24.4. The third-order valence-electron chi connectivity index (χ3n) is 3.69. The number of carbonyl (C=O) groups is 2. The van der Waals surface area contributed by atoms with Crippen molar-refractivity contribution in [2.75, 3.05) is 6.61 Å². The number of hydrogen-bond donors (Lipinski definition) is 0. The monoisotopic (exact) mass is 355 g/mol. The van der Waals surface area contributed by atoms with Gasteiger partial charge < -0.3 is 18.4 Å². The van der Waals surface area contributed by atoms with Gasteiger partial charge in [0, 0.05) is 5.56 Å². The van der Waals surface area contributed by atoms with E-state index in [1.165, 1.54) is 12.3 Å². The van der Waals surface area contributed by atoms with Crippen molar-refractivity contribution in [1.82, 2.24) is 5.16 Å². The topological polar surface area (TPSA) is 91.8 Å². The van der Waals surface area contributed by atoms with Crippen LogP contribution >= 0.6 is 0 Å². The van der Waals surface area contributed by atoms with Gasteiger partial charge in [-0.25, -0.2) is 9.59 Å². The smallest absolute Gasteiger partial charge is 0.344 e. The van der Waals surface area contributed by atoms with Gasteiger partial charge in [-0.1, -0.05) is 35.5 Å².